The molecule has 1 aromatic rings. The molecule has 1 aromatic carbocycles. The lowest BCUT2D eigenvalue weighted by atomic mass is 10.2. The number of ether oxygens (including phenoxy) is 1. The molecule has 0 spiro atoms. The second-order valence-corrected chi connectivity index (χ2v) is 4.56. The van der Waals surface area contributed by atoms with Crippen molar-refractivity contribution in [3.05, 3.63) is 30.3 Å². The Balaban J connectivity index is 1.90. The lowest BCUT2D eigenvalue weighted by Gasteiger charge is -2.38. The zero-order valence-electron chi connectivity index (χ0n) is 11.0. The van der Waals surface area contributed by atoms with Crippen molar-refractivity contribution in [2.75, 3.05) is 38.2 Å². The molecule has 1 heterocycles. The largest absolute Gasteiger partial charge is 0.468 e. The minimum Gasteiger partial charge on any atom is -0.468 e. The Morgan fingerprint density at radius 3 is 2.33 bits per heavy atom. The molecule has 1 aliphatic heterocycles. The van der Waals surface area contributed by atoms with E-state index in [0.29, 0.717) is 0 Å². The maximum atomic E-state index is 11.5. The van der Waals surface area contributed by atoms with Crippen LogP contribution < -0.4 is 4.90 Å². The summed E-state index contributed by atoms with van der Waals surface area (Å²) in [5.41, 5.74) is 1.25. The van der Waals surface area contributed by atoms with E-state index in [1.54, 1.807) is 0 Å². The van der Waals surface area contributed by atoms with Crippen LogP contribution in [0.5, 0.6) is 0 Å². The second-order valence-electron chi connectivity index (χ2n) is 4.56. The number of esters is 1. The number of carbonyl (C=O) groups excluding carboxylic acids is 1. The molecule has 0 bridgehead atoms. The number of hydrogen-bond donors (Lipinski definition) is 0. The summed E-state index contributed by atoms with van der Waals surface area (Å²) < 4.78 is 4.78. The van der Waals surface area contributed by atoms with Crippen LogP contribution in [0.3, 0.4) is 0 Å². The average Bonchev–Trinajstić information content (AvgIpc) is 2.47. The Morgan fingerprint density at radius 1 is 1.17 bits per heavy atom. The normalized spacial score (nSPS) is 18.4. The lowest BCUT2D eigenvalue weighted by molar-refractivity contribution is -0.146. The monoisotopic (exact) mass is 248 g/mol. The Kier molecular flexibility index (Phi) is 4.20. The lowest BCUT2D eigenvalue weighted by Crippen LogP contribution is -2.52. The Hall–Kier alpha value is -1.55. The molecule has 18 heavy (non-hydrogen) atoms. The van der Waals surface area contributed by atoms with E-state index in [1.807, 2.05) is 13.0 Å². The third-order valence-corrected chi connectivity index (χ3v) is 3.53. The highest BCUT2D eigenvalue weighted by atomic mass is 16.5. The minimum absolute atomic E-state index is 0.145. The number of nitrogens with zero attached hydrogens (tertiary/aromatic N) is 2. The quantitative estimate of drug-likeness (QED) is 0.756. The average molecular weight is 248 g/mol. The summed E-state index contributed by atoms with van der Waals surface area (Å²) in [6.07, 6.45) is 0. The van der Waals surface area contributed by atoms with E-state index in [0.717, 1.165) is 26.2 Å². The standard InChI is InChI=1S/C14H20N2O2/c1-12(14(17)18-2)15-8-10-16(11-9-15)13-6-4-3-5-7-13/h3-7,12H,8-11H2,1-2H3/t12-/m1/s1. The van der Waals surface area contributed by atoms with Crippen molar-refractivity contribution in [2.24, 2.45) is 0 Å². The number of para-hydroxylation sites is 1. The van der Waals surface area contributed by atoms with Gasteiger partial charge in [-0.2, -0.15) is 0 Å². The van der Waals surface area contributed by atoms with Gasteiger partial charge in [0.05, 0.1) is 7.11 Å². The summed E-state index contributed by atoms with van der Waals surface area (Å²) in [6, 6.07) is 10.2. The molecular weight excluding hydrogens is 228 g/mol. The number of carbonyl (C=O) groups is 1. The molecule has 0 N–H and O–H groups in total. The Labute approximate surface area is 108 Å². The van der Waals surface area contributed by atoms with Gasteiger partial charge in [-0.15, -0.1) is 0 Å². The van der Waals surface area contributed by atoms with Crippen molar-refractivity contribution in [2.45, 2.75) is 13.0 Å². The van der Waals surface area contributed by atoms with Crippen LogP contribution in [0.2, 0.25) is 0 Å². The van der Waals surface area contributed by atoms with E-state index < -0.39 is 0 Å². The molecule has 4 nitrogen and oxygen atoms in total. The SMILES string of the molecule is COC(=O)[C@@H](C)N1CCN(c2ccccc2)CC1. The van der Waals surface area contributed by atoms with Crippen molar-refractivity contribution in [1.82, 2.24) is 4.90 Å². The van der Waals surface area contributed by atoms with Crippen molar-refractivity contribution in [3.8, 4) is 0 Å². The Morgan fingerprint density at radius 2 is 1.78 bits per heavy atom. The fourth-order valence-corrected chi connectivity index (χ4v) is 2.33. The predicted octanol–water partition coefficient (Wildman–Crippen LogP) is 1.37. The van der Waals surface area contributed by atoms with E-state index in [2.05, 4.69) is 34.1 Å². The highest BCUT2D eigenvalue weighted by Crippen LogP contribution is 2.16. The zero-order valence-corrected chi connectivity index (χ0v) is 11.0. The zero-order chi connectivity index (χ0) is 13.0. The second kappa shape index (κ2) is 5.87. The van der Waals surface area contributed by atoms with Gasteiger partial charge in [0.1, 0.15) is 6.04 Å². The van der Waals surface area contributed by atoms with Gasteiger partial charge in [0.2, 0.25) is 0 Å². The van der Waals surface area contributed by atoms with Crippen LogP contribution in [0, 0.1) is 0 Å². The summed E-state index contributed by atoms with van der Waals surface area (Å²) in [7, 11) is 1.44. The van der Waals surface area contributed by atoms with Gasteiger partial charge in [0.25, 0.3) is 0 Å². The summed E-state index contributed by atoms with van der Waals surface area (Å²) >= 11 is 0. The Bertz CT molecular complexity index is 386. The number of methoxy groups -OCH3 is 1. The molecule has 1 saturated heterocycles. The van der Waals surface area contributed by atoms with Gasteiger partial charge in [0.15, 0.2) is 0 Å². The number of rotatable bonds is 3. The first-order valence-electron chi connectivity index (χ1n) is 6.34. The van der Waals surface area contributed by atoms with E-state index in [1.165, 1.54) is 12.8 Å². The van der Waals surface area contributed by atoms with Crippen LogP contribution >= 0.6 is 0 Å². The molecule has 0 aromatic heterocycles. The number of piperazine rings is 1. The van der Waals surface area contributed by atoms with Gasteiger partial charge in [0, 0.05) is 31.9 Å². The summed E-state index contributed by atoms with van der Waals surface area (Å²) in [5.74, 6) is -0.150. The summed E-state index contributed by atoms with van der Waals surface area (Å²) in [4.78, 5) is 16.0. The van der Waals surface area contributed by atoms with Gasteiger partial charge in [-0.1, -0.05) is 18.2 Å². The number of benzene rings is 1. The molecule has 4 heteroatoms. The predicted molar refractivity (Wildman–Crippen MR) is 71.7 cm³/mol. The van der Waals surface area contributed by atoms with E-state index in [9.17, 15) is 4.79 Å². The van der Waals surface area contributed by atoms with Crippen LogP contribution in [0.4, 0.5) is 5.69 Å². The van der Waals surface area contributed by atoms with Gasteiger partial charge in [-0.3, -0.25) is 9.69 Å². The van der Waals surface area contributed by atoms with Crippen molar-refractivity contribution >= 4 is 11.7 Å². The van der Waals surface area contributed by atoms with Crippen molar-refractivity contribution in [3.63, 3.8) is 0 Å². The maximum absolute atomic E-state index is 11.5. The molecular formula is C14H20N2O2. The first-order chi connectivity index (χ1) is 8.72. The summed E-state index contributed by atoms with van der Waals surface area (Å²) in [6.45, 7) is 5.59. The molecule has 0 aliphatic carbocycles. The molecule has 1 fully saturated rings. The van der Waals surface area contributed by atoms with Gasteiger partial charge < -0.3 is 9.64 Å². The fraction of sp³-hybridized carbons (Fsp3) is 0.500. The topological polar surface area (TPSA) is 32.8 Å². The molecule has 0 saturated carbocycles. The van der Waals surface area contributed by atoms with Crippen molar-refractivity contribution < 1.29 is 9.53 Å². The number of hydrogen-bond acceptors (Lipinski definition) is 4. The van der Waals surface area contributed by atoms with Crippen molar-refractivity contribution in [1.29, 1.82) is 0 Å². The number of anilines is 1. The van der Waals surface area contributed by atoms with E-state index >= 15 is 0 Å². The smallest absolute Gasteiger partial charge is 0.322 e. The molecule has 1 atom stereocenters. The van der Waals surface area contributed by atoms with E-state index in [4.69, 9.17) is 4.74 Å². The first kappa shape index (κ1) is 12.9. The maximum Gasteiger partial charge on any atom is 0.322 e. The molecule has 2 rings (SSSR count). The van der Waals surface area contributed by atoms with Crippen LogP contribution in [0.25, 0.3) is 0 Å². The third-order valence-electron chi connectivity index (χ3n) is 3.53. The van der Waals surface area contributed by atoms with E-state index in [-0.39, 0.29) is 12.0 Å². The van der Waals surface area contributed by atoms with Gasteiger partial charge >= 0.3 is 5.97 Å². The fourth-order valence-electron chi connectivity index (χ4n) is 2.33. The highest BCUT2D eigenvalue weighted by Gasteiger charge is 2.25. The van der Waals surface area contributed by atoms with Gasteiger partial charge in [-0.05, 0) is 19.1 Å². The molecule has 0 amide bonds. The highest BCUT2D eigenvalue weighted by molar-refractivity contribution is 5.75. The molecule has 0 unspecified atom stereocenters. The molecule has 1 aliphatic rings. The first-order valence-corrected chi connectivity index (χ1v) is 6.34. The summed E-state index contributed by atoms with van der Waals surface area (Å²) in [5, 5.41) is 0. The van der Waals surface area contributed by atoms with Gasteiger partial charge in [-0.25, -0.2) is 0 Å². The third kappa shape index (κ3) is 2.82. The molecule has 0 radical (unpaired) electrons. The molecule has 98 valence electrons. The minimum atomic E-state index is -0.150. The van der Waals surface area contributed by atoms with Crippen LogP contribution in [0.15, 0.2) is 30.3 Å². The van der Waals surface area contributed by atoms with Crippen LogP contribution in [-0.2, 0) is 9.53 Å². The van der Waals surface area contributed by atoms with Crippen LogP contribution in [0.1, 0.15) is 6.92 Å². The van der Waals surface area contributed by atoms with Crippen LogP contribution in [-0.4, -0.2) is 50.2 Å².